The van der Waals surface area contributed by atoms with Crippen LogP contribution in [0.25, 0.3) is 0 Å². The first kappa shape index (κ1) is 18.5. The lowest BCUT2D eigenvalue weighted by Crippen LogP contribution is -2.58. The van der Waals surface area contributed by atoms with E-state index in [0.717, 1.165) is 6.07 Å². The summed E-state index contributed by atoms with van der Waals surface area (Å²) >= 11 is 0. The second-order valence-corrected chi connectivity index (χ2v) is 4.78. The van der Waals surface area contributed by atoms with Gasteiger partial charge in [0.25, 0.3) is 0 Å². The molecular weight excluding hydrogens is 306 g/mol. The lowest BCUT2D eigenvalue weighted by molar-refractivity contribution is -0.242. The zero-order valence-electron chi connectivity index (χ0n) is 10.9. The number of rotatable bonds is 8. The van der Waals surface area contributed by atoms with E-state index in [1.807, 2.05) is 0 Å². The highest BCUT2D eigenvalue weighted by molar-refractivity contribution is 5.88. The number of carbonyl (C=O) groups is 1. The van der Waals surface area contributed by atoms with Crippen molar-refractivity contribution in [1.29, 1.82) is 5.26 Å². The average Bonchev–Trinajstić information content (AvgIpc) is 3.19. The number of nitriles is 1. The zero-order chi connectivity index (χ0) is 17.3. The van der Waals surface area contributed by atoms with E-state index < -0.39 is 54.4 Å². The lowest BCUT2D eigenvalue weighted by atomic mass is 9.71. The molecular formula is C10H15N3O9. The predicted molar refractivity (Wildman–Crippen MR) is 61.6 cm³/mol. The van der Waals surface area contributed by atoms with Gasteiger partial charge in [-0.15, -0.1) is 0 Å². The summed E-state index contributed by atoms with van der Waals surface area (Å²) in [5, 5.41) is 89.2. The molecule has 0 atom stereocenters. The van der Waals surface area contributed by atoms with Gasteiger partial charge in [0, 0.05) is 6.42 Å². The van der Waals surface area contributed by atoms with Gasteiger partial charge in [0.05, 0.1) is 6.07 Å². The lowest BCUT2D eigenvalue weighted by Gasteiger charge is -2.36. The Morgan fingerprint density at radius 1 is 0.955 bits per heavy atom. The smallest absolute Gasteiger partial charge is 0.203 e. The summed E-state index contributed by atoms with van der Waals surface area (Å²) < 4.78 is 0. The second-order valence-electron chi connectivity index (χ2n) is 4.78. The summed E-state index contributed by atoms with van der Waals surface area (Å²) in [6.07, 6.45) is -13.7. The molecule has 0 amide bonds. The number of carbonyl (C=O) groups excluding carboxylic acids is 1. The van der Waals surface area contributed by atoms with Gasteiger partial charge in [-0.2, -0.15) is 15.5 Å². The minimum Gasteiger partial charge on any atom is -0.367 e. The molecule has 1 rings (SSSR count). The van der Waals surface area contributed by atoms with Crippen LogP contribution in [0.15, 0.2) is 10.2 Å². The number of Topliss-reactive ketones (excluding diaryl/α,β-unsaturated/α-hetero) is 1. The van der Waals surface area contributed by atoms with Crippen molar-refractivity contribution in [3.63, 3.8) is 0 Å². The fourth-order valence-electron chi connectivity index (χ4n) is 1.95. The maximum atomic E-state index is 12.3. The second kappa shape index (κ2) is 6.28. The quantitative estimate of drug-likeness (QED) is 0.200. The molecule has 1 aliphatic rings. The highest BCUT2D eigenvalue weighted by Gasteiger charge is 2.63. The van der Waals surface area contributed by atoms with E-state index >= 15 is 0 Å². The molecule has 1 aliphatic heterocycles. The fourth-order valence-corrected chi connectivity index (χ4v) is 1.95. The van der Waals surface area contributed by atoms with E-state index in [9.17, 15) is 25.2 Å². The van der Waals surface area contributed by atoms with Crippen molar-refractivity contribution in [2.75, 3.05) is 0 Å². The molecule has 0 bridgehead atoms. The van der Waals surface area contributed by atoms with Crippen LogP contribution in [0.2, 0.25) is 0 Å². The van der Waals surface area contributed by atoms with Crippen molar-refractivity contribution in [3.05, 3.63) is 0 Å². The molecule has 12 heteroatoms. The van der Waals surface area contributed by atoms with Crippen molar-refractivity contribution in [2.45, 2.75) is 37.7 Å². The van der Waals surface area contributed by atoms with Crippen LogP contribution in [0.3, 0.4) is 0 Å². The molecule has 12 nitrogen and oxygen atoms in total. The first-order valence-electron chi connectivity index (χ1n) is 5.86. The first-order chi connectivity index (χ1) is 10.1. The monoisotopic (exact) mass is 321 g/mol. The summed E-state index contributed by atoms with van der Waals surface area (Å²) in [5.74, 6) is -1.49. The summed E-state index contributed by atoms with van der Waals surface area (Å²) in [7, 11) is 0. The molecule has 0 saturated heterocycles. The Hall–Kier alpha value is -1.56. The van der Waals surface area contributed by atoms with Crippen LogP contribution < -0.4 is 0 Å². The number of nitrogens with zero attached hydrogens (tertiary/aromatic N) is 3. The van der Waals surface area contributed by atoms with Crippen molar-refractivity contribution in [1.82, 2.24) is 0 Å². The van der Waals surface area contributed by atoms with E-state index in [0.29, 0.717) is 0 Å². The summed E-state index contributed by atoms with van der Waals surface area (Å²) in [4.78, 5) is 12.3. The normalized spacial score (nSPS) is 16.0. The van der Waals surface area contributed by atoms with Gasteiger partial charge < -0.3 is 40.9 Å². The molecule has 0 saturated carbocycles. The van der Waals surface area contributed by atoms with E-state index in [-0.39, 0.29) is 0 Å². The van der Waals surface area contributed by atoms with Crippen molar-refractivity contribution < 1.29 is 45.6 Å². The molecule has 0 radical (unpaired) electrons. The molecule has 8 N–H and O–H groups in total. The van der Waals surface area contributed by atoms with Gasteiger partial charge >= 0.3 is 0 Å². The van der Waals surface area contributed by atoms with Crippen LogP contribution in [0, 0.1) is 22.2 Å². The molecule has 0 aromatic carbocycles. The molecule has 0 fully saturated rings. The molecule has 1 heterocycles. The number of aliphatic hydroxyl groups excluding tert-OH is 4. The summed E-state index contributed by atoms with van der Waals surface area (Å²) in [6, 6.07) is 1.15. The topological polar surface area (TPSA) is 227 Å². The minimum absolute atomic E-state index is 1.15. The number of hydrogen-bond donors (Lipinski definition) is 8. The van der Waals surface area contributed by atoms with E-state index in [4.69, 9.17) is 25.7 Å². The van der Waals surface area contributed by atoms with E-state index in [1.54, 1.807) is 0 Å². The summed E-state index contributed by atoms with van der Waals surface area (Å²) in [5.41, 5.74) is -5.65. The van der Waals surface area contributed by atoms with Crippen LogP contribution in [-0.4, -0.2) is 78.0 Å². The molecule has 0 aliphatic carbocycles. The number of ketones is 1. The van der Waals surface area contributed by atoms with E-state index in [2.05, 4.69) is 10.2 Å². The maximum Gasteiger partial charge on any atom is 0.203 e. The van der Waals surface area contributed by atoms with Crippen LogP contribution in [0.1, 0.15) is 6.42 Å². The third-order valence-electron chi connectivity index (χ3n) is 3.58. The van der Waals surface area contributed by atoms with Gasteiger partial charge in [-0.1, -0.05) is 0 Å². The number of hydrogen-bond acceptors (Lipinski definition) is 12. The van der Waals surface area contributed by atoms with Crippen molar-refractivity contribution in [3.8, 4) is 6.07 Å². The SMILES string of the molecule is N#CC(CC(=O)C(C(O)O)(C(O)O)C1N=N1)(C(O)O)C(O)O. The standard InChI is InChI=1S/C10H15N3O9/c11-2-9(5(15)16,6(17)18)1-3(14)10(7(19)20,8(21)22)4-12-13-4/h4-8,15-22H,1H2. The largest absolute Gasteiger partial charge is 0.367 e. The molecule has 0 unspecified atom stereocenters. The Morgan fingerprint density at radius 2 is 1.36 bits per heavy atom. The van der Waals surface area contributed by atoms with Gasteiger partial charge in [-0.05, 0) is 0 Å². The molecule has 22 heavy (non-hydrogen) atoms. The Bertz CT molecular complexity index is 469. The van der Waals surface area contributed by atoms with Gasteiger partial charge in [-0.3, -0.25) is 4.79 Å². The van der Waals surface area contributed by atoms with Crippen LogP contribution in [0.4, 0.5) is 0 Å². The van der Waals surface area contributed by atoms with Gasteiger partial charge in [0.2, 0.25) is 6.17 Å². The Morgan fingerprint density at radius 3 is 1.59 bits per heavy atom. The minimum atomic E-state index is -2.85. The fraction of sp³-hybridized carbons (Fsp3) is 0.800. The Balaban J connectivity index is 3.24. The van der Waals surface area contributed by atoms with Gasteiger partial charge in [0.1, 0.15) is 0 Å². The van der Waals surface area contributed by atoms with Crippen molar-refractivity contribution in [2.24, 2.45) is 21.1 Å². The molecule has 0 aromatic rings. The van der Waals surface area contributed by atoms with Gasteiger partial charge in [-0.25, -0.2) is 0 Å². The maximum absolute atomic E-state index is 12.3. The highest BCUT2D eigenvalue weighted by Crippen LogP contribution is 2.43. The molecule has 0 spiro atoms. The Labute approximate surface area is 122 Å². The average molecular weight is 321 g/mol. The third-order valence-corrected chi connectivity index (χ3v) is 3.58. The van der Waals surface area contributed by atoms with Crippen LogP contribution >= 0.6 is 0 Å². The zero-order valence-corrected chi connectivity index (χ0v) is 10.9. The number of aliphatic hydroxyl groups is 8. The predicted octanol–water partition coefficient (Wildman–Crippen LogP) is -4.52. The van der Waals surface area contributed by atoms with E-state index in [1.165, 1.54) is 0 Å². The van der Waals surface area contributed by atoms with Gasteiger partial charge in [0.15, 0.2) is 41.8 Å². The molecule has 124 valence electrons. The van der Waals surface area contributed by atoms with Crippen LogP contribution in [0.5, 0.6) is 0 Å². The molecule has 0 aromatic heterocycles. The van der Waals surface area contributed by atoms with Crippen LogP contribution in [-0.2, 0) is 4.79 Å². The highest BCUT2D eigenvalue weighted by atomic mass is 16.5. The Kier molecular flexibility index (Phi) is 5.28. The van der Waals surface area contributed by atoms with Crippen molar-refractivity contribution >= 4 is 5.78 Å². The third kappa shape index (κ3) is 2.72. The summed E-state index contributed by atoms with van der Waals surface area (Å²) in [6.45, 7) is 0. The first-order valence-corrected chi connectivity index (χ1v) is 5.86.